The van der Waals surface area contributed by atoms with Gasteiger partial charge in [-0.05, 0) is 20.8 Å². The zero-order valence-electron chi connectivity index (χ0n) is 7.38. The third-order valence-corrected chi connectivity index (χ3v) is 3.11. The molecule has 11 heavy (non-hydrogen) atoms. The summed E-state index contributed by atoms with van der Waals surface area (Å²) in [5.41, 5.74) is -0.389. The van der Waals surface area contributed by atoms with Crippen LogP contribution in [0, 0.1) is 0 Å². The van der Waals surface area contributed by atoms with Crippen LogP contribution < -0.4 is 4.72 Å². The van der Waals surface area contributed by atoms with Crippen LogP contribution in [0.3, 0.4) is 0 Å². The van der Waals surface area contributed by atoms with Gasteiger partial charge in [-0.1, -0.05) is 0 Å². The molecular weight excluding hydrogens is 177 g/mol. The standard InChI is InChI=1S/C6H12NO2S.Al.2H/c1-5-10(8,9)7-6(2,3)4;;;/h1,5,7H,2-4H3;;;. The third-order valence-electron chi connectivity index (χ3n) is 0.764. The highest BCUT2D eigenvalue weighted by atomic mass is 32.2. The summed E-state index contributed by atoms with van der Waals surface area (Å²) in [7, 11) is -3.19. The minimum Gasteiger partial charge on any atom is -0.208 e. The lowest BCUT2D eigenvalue weighted by Gasteiger charge is -2.18. The van der Waals surface area contributed by atoms with Gasteiger partial charge in [0.15, 0.2) is 0 Å². The molecule has 0 bridgehead atoms. The molecule has 0 aliphatic heterocycles. The zero-order chi connectivity index (χ0) is 9.12. The maximum Gasteiger partial charge on any atom is 0.247 e. The third kappa shape index (κ3) is 6.58. The minimum atomic E-state index is -3.19. The van der Waals surface area contributed by atoms with Crippen molar-refractivity contribution in [2.45, 2.75) is 26.3 Å². The lowest BCUT2D eigenvalue weighted by molar-refractivity contribution is 0.496. The summed E-state index contributed by atoms with van der Waals surface area (Å²) in [4.78, 5) is 1.63. The first-order valence-electron chi connectivity index (χ1n) is 3.43. The van der Waals surface area contributed by atoms with Crippen LogP contribution in [-0.2, 0) is 10.0 Å². The summed E-state index contributed by atoms with van der Waals surface area (Å²) in [5.74, 6) is 0. The lowest BCUT2D eigenvalue weighted by Crippen LogP contribution is -2.39. The Morgan fingerprint density at radius 2 is 1.82 bits per heavy atom. The average Bonchev–Trinajstić information content (AvgIpc) is 1.55. The highest BCUT2D eigenvalue weighted by Gasteiger charge is 2.16. The van der Waals surface area contributed by atoms with Gasteiger partial charge < -0.3 is 0 Å². The maximum atomic E-state index is 11.1. The van der Waals surface area contributed by atoms with E-state index in [1.54, 1.807) is 4.94 Å². The van der Waals surface area contributed by atoms with Crippen LogP contribution in [0.25, 0.3) is 0 Å². The molecule has 0 atom stereocenters. The molecule has 64 valence electrons. The van der Waals surface area contributed by atoms with Crippen molar-refractivity contribution in [1.82, 2.24) is 4.72 Å². The Kier molecular flexibility index (Phi) is 3.79. The molecule has 0 rings (SSSR count). The molecule has 0 aromatic carbocycles. The second-order valence-electron chi connectivity index (χ2n) is 3.37. The van der Waals surface area contributed by atoms with E-state index in [-0.39, 0.29) is 5.54 Å². The first-order valence-corrected chi connectivity index (χ1v) is 6.13. The second-order valence-corrected chi connectivity index (χ2v) is 5.60. The van der Waals surface area contributed by atoms with Crippen molar-refractivity contribution >= 4 is 26.3 Å². The topological polar surface area (TPSA) is 46.2 Å². The Bertz CT molecular complexity index is 238. The number of hydrogen-bond acceptors (Lipinski definition) is 2. The van der Waals surface area contributed by atoms with E-state index in [2.05, 4.69) is 4.72 Å². The molecular formula is C6H14AlNO2S. The molecule has 0 saturated carbocycles. The molecule has 0 radical (unpaired) electrons. The molecule has 1 N–H and O–H groups in total. The predicted octanol–water partition coefficient (Wildman–Crippen LogP) is -0.191. The van der Waals surface area contributed by atoms with Crippen molar-refractivity contribution in [3.8, 4) is 0 Å². The van der Waals surface area contributed by atoms with E-state index >= 15 is 0 Å². The van der Waals surface area contributed by atoms with Gasteiger partial charge in [0.2, 0.25) is 26.3 Å². The minimum absolute atomic E-state index is 0.389. The molecule has 0 aromatic heterocycles. The lowest BCUT2D eigenvalue weighted by atomic mass is 10.1. The SMILES string of the molecule is CC(C)(C)NS(=O)(=O)/C=[CH]/[AlH2]. The van der Waals surface area contributed by atoms with E-state index in [9.17, 15) is 8.42 Å². The average molecular weight is 191 g/mol. The molecule has 0 aromatic rings. The van der Waals surface area contributed by atoms with E-state index in [1.165, 1.54) is 5.41 Å². The Hall–Kier alpha value is 0.182. The van der Waals surface area contributed by atoms with E-state index in [0.717, 1.165) is 16.3 Å². The highest BCUT2D eigenvalue weighted by molar-refractivity contribution is 7.92. The molecule has 3 nitrogen and oxygen atoms in total. The Morgan fingerprint density at radius 3 is 2.09 bits per heavy atom. The molecule has 5 heteroatoms. The molecule has 0 unspecified atom stereocenters. The summed E-state index contributed by atoms with van der Waals surface area (Å²) < 4.78 is 24.6. The summed E-state index contributed by atoms with van der Waals surface area (Å²) in [6, 6.07) is 0. The Balaban J connectivity index is 4.39. The highest BCUT2D eigenvalue weighted by Crippen LogP contribution is 2.02. The quantitative estimate of drug-likeness (QED) is 0.615. The Morgan fingerprint density at radius 1 is 1.36 bits per heavy atom. The van der Waals surface area contributed by atoms with Crippen LogP contribution in [-0.4, -0.2) is 30.2 Å². The fourth-order valence-corrected chi connectivity index (χ4v) is 2.99. The van der Waals surface area contributed by atoms with E-state index in [4.69, 9.17) is 0 Å². The van der Waals surface area contributed by atoms with Gasteiger partial charge in [0, 0.05) is 10.9 Å². The summed E-state index contributed by atoms with van der Waals surface area (Å²) >= 11 is 0.762. The first-order chi connectivity index (χ1) is 4.77. The maximum absolute atomic E-state index is 11.1. The second kappa shape index (κ2) is 3.72. The van der Waals surface area contributed by atoms with Gasteiger partial charge in [-0.25, -0.2) is 13.1 Å². The molecule has 0 saturated heterocycles. The van der Waals surface area contributed by atoms with Gasteiger partial charge in [0.05, 0.1) is 0 Å². The summed E-state index contributed by atoms with van der Waals surface area (Å²) in [5, 5.41) is 1.21. The predicted molar refractivity (Wildman–Crippen MR) is 49.5 cm³/mol. The molecule has 0 aliphatic carbocycles. The van der Waals surface area contributed by atoms with Crippen LogP contribution in [0.2, 0.25) is 0 Å². The van der Waals surface area contributed by atoms with Gasteiger partial charge in [-0.15, -0.1) is 4.94 Å². The summed E-state index contributed by atoms with van der Waals surface area (Å²) in [6.07, 6.45) is 0. The van der Waals surface area contributed by atoms with Crippen molar-refractivity contribution in [1.29, 1.82) is 0 Å². The zero-order valence-corrected chi connectivity index (χ0v) is 10.2. The Labute approximate surface area is 76.3 Å². The van der Waals surface area contributed by atoms with Crippen LogP contribution in [0.4, 0.5) is 0 Å². The van der Waals surface area contributed by atoms with E-state index < -0.39 is 10.0 Å². The monoisotopic (exact) mass is 191 g/mol. The largest absolute Gasteiger partial charge is 0.247 e. The van der Waals surface area contributed by atoms with E-state index in [1.807, 2.05) is 20.8 Å². The fraction of sp³-hybridized carbons (Fsp3) is 0.667. The molecule has 0 spiro atoms. The molecule has 0 heterocycles. The normalized spacial score (nSPS) is 14.1. The molecule has 0 fully saturated rings. The van der Waals surface area contributed by atoms with Gasteiger partial charge in [-0.3, -0.25) is 0 Å². The van der Waals surface area contributed by atoms with Crippen molar-refractivity contribution < 1.29 is 8.42 Å². The first kappa shape index (κ1) is 11.2. The van der Waals surface area contributed by atoms with Crippen LogP contribution in [0.15, 0.2) is 10.3 Å². The van der Waals surface area contributed by atoms with Crippen LogP contribution in [0.1, 0.15) is 20.8 Å². The smallest absolute Gasteiger partial charge is 0.208 e. The van der Waals surface area contributed by atoms with Gasteiger partial charge in [0.25, 0.3) is 0 Å². The van der Waals surface area contributed by atoms with Crippen molar-refractivity contribution in [2.24, 2.45) is 0 Å². The molecule has 0 aliphatic rings. The summed E-state index contributed by atoms with van der Waals surface area (Å²) in [6.45, 7) is 5.43. The van der Waals surface area contributed by atoms with Crippen molar-refractivity contribution in [2.75, 3.05) is 0 Å². The number of hydrogen-bond donors (Lipinski definition) is 1. The molecule has 0 amide bonds. The number of nitrogens with one attached hydrogen (secondary N) is 1. The van der Waals surface area contributed by atoms with Gasteiger partial charge >= 0.3 is 0 Å². The number of sulfonamides is 1. The van der Waals surface area contributed by atoms with Gasteiger partial charge in [-0.2, -0.15) is 0 Å². The van der Waals surface area contributed by atoms with Crippen molar-refractivity contribution in [3.63, 3.8) is 0 Å². The van der Waals surface area contributed by atoms with Crippen molar-refractivity contribution in [3.05, 3.63) is 10.3 Å². The van der Waals surface area contributed by atoms with Crippen LogP contribution in [0.5, 0.6) is 0 Å². The van der Waals surface area contributed by atoms with E-state index in [0.29, 0.717) is 0 Å². The number of rotatable bonds is 2. The van der Waals surface area contributed by atoms with Crippen LogP contribution >= 0.6 is 0 Å². The fourth-order valence-electron chi connectivity index (χ4n) is 0.640. The van der Waals surface area contributed by atoms with Gasteiger partial charge in [0.1, 0.15) is 0 Å².